The van der Waals surface area contributed by atoms with E-state index in [1.807, 2.05) is 12.1 Å². The van der Waals surface area contributed by atoms with Crippen molar-refractivity contribution in [3.8, 4) is 0 Å². The summed E-state index contributed by atoms with van der Waals surface area (Å²) in [4.78, 5) is 0. The molecule has 1 aliphatic carbocycles. The summed E-state index contributed by atoms with van der Waals surface area (Å²) in [5.74, 6) is 1.50. The predicted molar refractivity (Wildman–Crippen MR) is 103 cm³/mol. The van der Waals surface area contributed by atoms with E-state index in [1.165, 1.54) is 16.8 Å². The maximum atomic E-state index is 6.50. The second-order valence-corrected chi connectivity index (χ2v) is 7.99. The second kappa shape index (κ2) is 6.13. The average molecular weight is 358 g/mol. The van der Waals surface area contributed by atoms with Gasteiger partial charge in [-0.05, 0) is 53.1 Å². The normalized spacial score (nSPS) is 24.6. The van der Waals surface area contributed by atoms with Crippen molar-refractivity contribution in [2.75, 3.05) is 5.32 Å². The van der Waals surface area contributed by atoms with Gasteiger partial charge in [0, 0.05) is 21.7 Å². The Bertz CT molecular complexity index is 809. The largest absolute Gasteiger partial charge is 0.378 e. The van der Waals surface area contributed by atoms with Gasteiger partial charge in [0.1, 0.15) is 0 Å². The molecule has 124 valence electrons. The van der Waals surface area contributed by atoms with Crippen LogP contribution in [0.3, 0.4) is 0 Å². The summed E-state index contributed by atoms with van der Waals surface area (Å²) < 4.78 is 0. The topological polar surface area (TPSA) is 12.0 Å². The van der Waals surface area contributed by atoms with Gasteiger partial charge in [0.2, 0.25) is 0 Å². The highest BCUT2D eigenvalue weighted by molar-refractivity contribution is 6.35. The molecule has 1 heterocycles. The molecule has 1 aliphatic heterocycles. The lowest BCUT2D eigenvalue weighted by Gasteiger charge is -2.38. The Balaban J connectivity index is 1.78. The van der Waals surface area contributed by atoms with E-state index < -0.39 is 0 Å². The number of nitrogens with one attached hydrogen (secondary N) is 1. The van der Waals surface area contributed by atoms with Crippen molar-refractivity contribution < 1.29 is 0 Å². The Labute approximate surface area is 153 Å². The van der Waals surface area contributed by atoms with Crippen molar-refractivity contribution in [2.45, 2.75) is 38.1 Å². The van der Waals surface area contributed by atoms with E-state index in [2.05, 4.69) is 55.6 Å². The minimum atomic E-state index is 0.215. The molecule has 0 aromatic heterocycles. The van der Waals surface area contributed by atoms with Gasteiger partial charge < -0.3 is 5.32 Å². The Morgan fingerprint density at radius 1 is 1.04 bits per heavy atom. The third-order valence-corrected chi connectivity index (χ3v) is 5.91. The predicted octanol–water partition coefficient (Wildman–Crippen LogP) is 6.94. The molecule has 3 heteroatoms. The molecule has 2 unspecified atom stereocenters. The van der Waals surface area contributed by atoms with Crippen molar-refractivity contribution >= 4 is 28.9 Å². The molecule has 1 N–H and O–H groups in total. The summed E-state index contributed by atoms with van der Waals surface area (Å²) in [7, 11) is 0. The first-order chi connectivity index (χ1) is 11.5. The Hall–Kier alpha value is -1.44. The lowest BCUT2D eigenvalue weighted by molar-refractivity contribution is 0.425. The van der Waals surface area contributed by atoms with Gasteiger partial charge >= 0.3 is 0 Å². The van der Waals surface area contributed by atoms with Gasteiger partial charge in [-0.25, -0.2) is 0 Å². The number of benzene rings is 2. The van der Waals surface area contributed by atoms with Crippen LogP contribution >= 0.6 is 23.2 Å². The third-order valence-electron chi connectivity index (χ3n) is 5.35. The summed E-state index contributed by atoms with van der Waals surface area (Å²) in [6.45, 7) is 4.49. The van der Waals surface area contributed by atoms with E-state index in [9.17, 15) is 0 Å². The average Bonchev–Trinajstić information content (AvgIpc) is 3.04. The van der Waals surface area contributed by atoms with Crippen LogP contribution in [0.15, 0.2) is 48.6 Å². The Morgan fingerprint density at radius 3 is 2.62 bits per heavy atom. The van der Waals surface area contributed by atoms with Crippen LogP contribution in [0.5, 0.6) is 0 Å². The number of halogens is 2. The van der Waals surface area contributed by atoms with E-state index in [1.54, 1.807) is 0 Å². The summed E-state index contributed by atoms with van der Waals surface area (Å²) in [6.07, 6.45) is 5.75. The number of rotatable bonds is 2. The van der Waals surface area contributed by atoms with Crippen molar-refractivity contribution in [1.82, 2.24) is 0 Å². The summed E-state index contributed by atoms with van der Waals surface area (Å²) in [5.41, 5.74) is 5.18. The van der Waals surface area contributed by atoms with Crippen molar-refractivity contribution in [3.05, 3.63) is 75.3 Å². The van der Waals surface area contributed by atoms with E-state index in [-0.39, 0.29) is 6.04 Å². The fourth-order valence-electron chi connectivity index (χ4n) is 4.03. The minimum Gasteiger partial charge on any atom is -0.378 e. The van der Waals surface area contributed by atoms with Crippen LogP contribution in [-0.4, -0.2) is 0 Å². The maximum Gasteiger partial charge on any atom is 0.0568 e. The SMILES string of the molecule is CC(C)c1ccc2c(c1)C1C=CCC1[C@@H](c1ccc(Cl)cc1Cl)N2. The molecule has 0 fully saturated rings. The molecule has 0 radical (unpaired) electrons. The van der Waals surface area contributed by atoms with Crippen LogP contribution in [0.4, 0.5) is 5.69 Å². The Kier molecular flexibility index (Phi) is 4.10. The van der Waals surface area contributed by atoms with E-state index in [4.69, 9.17) is 23.2 Å². The smallest absolute Gasteiger partial charge is 0.0568 e. The molecule has 4 rings (SSSR count). The van der Waals surface area contributed by atoms with Crippen molar-refractivity contribution in [2.24, 2.45) is 5.92 Å². The molecule has 0 saturated heterocycles. The first kappa shape index (κ1) is 16.1. The molecule has 2 aliphatic rings. The van der Waals surface area contributed by atoms with Crippen LogP contribution < -0.4 is 5.32 Å². The number of hydrogen-bond donors (Lipinski definition) is 1. The number of anilines is 1. The molecule has 0 saturated carbocycles. The fourth-order valence-corrected chi connectivity index (χ4v) is 4.56. The number of allylic oxidation sites excluding steroid dienone is 2. The van der Waals surface area contributed by atoms with Crippen LogP contribution in [0.25, 0.3) is 0 Å². The summed E-state index contributed by atoms with van der Waals surface area (Å²) >= 11 is 12.6. The lowest BCUT2D eigenvalue weighted by Crippen LogP contribution is -2.29. The lowest BCUT2D eigenvalue weighted by atomic mass is 9.76. The van der Waals surface area contributed by atoms with Crippen LogP contribution in [0, 0.1) is 5.92 Å². The molecule has 24 heavy (non-hydrogen) atoms. The van der Waals surface area contributed by atoms with Gasteiger partial charge in [0.05, 0.1) is 6.04 Å². The van der Waals surface area contributed by atoms with Crippen LogP contribution in [0.1, 0.15) is 54.8 Å². The number of hydrogen-bond acceptors (Lipinski definition) is 1. The first-order valence-corrected chi connectivity index (χ1v) is 9.32. The molecule has 3 atom stereocenters. The maximum absolute atomic E-state index is 6.50. The molecule has 2 aromatic rings. The monoisotopic (exact) mass is 357 g/mol. The minimum absolute atomic E-state index is 0.215. The van der Waals surface area contributed by atoms with Crippen molar-refractivity contribution in [1.29, 1.82) is 0 Å². The van der Waals surface area contributed by atoms with Crippen molar-refractivity contribution in [3.63, 3.8) is 0 Å². The zero-order valence-corrected chi connectivity index (χ0v) is 15.4. The van der Waals surface area contributed by atoms with E-state index in [0.717, 1.165) is 17.0 Å². The van der Waals surface area contributed by atoms with Gasteiger partial charge in [0.25, 0.3) is 0 Å². The van der Waals surface area contributed by atoms with Crippen LogP contribution in [0.2, 0.25) is 10.0 Å². The van der Waals surface area contributed by atoms with Gasteiger partial charge in [-0.2, -0.15) is 0 Å². The molecular formula is C21H21Cl2N. The molecule has 0 bridgehead atoms. The highest BCUT2D eigenvalue weighted by atomic mass is 35.5. The highest BCUT2D eigenvalue weighted by Crippen LogP contribution is 2.51. The highest BCUT2D eigenvalue weighted by Gasteiger charge is 2.38. The van der Waals surface area contributed by atoms with Gasteiger partial charge in [-0.3, -0.25) is 0 Å². The zero-order valence-electron chi connectivity index (χ0n) is 13.9. The first-order valence-electron chi connectivity index (χ1n) is 8.56. The van der Waals surface area contributed by atoms with Crippen LogP contribution in [-0.2, 0) is 0 Å². The zero-order chi connectivity index (χ0) is 16.8. The van der Waals surface area contributed by atoms with E-state index in [0.29, 0.717) is 22.8 Å². The fraction of sp³-hybridized carbons (Fsp3) is 0.333. The summed E-state index contributed by atoms with van der Waals surface area (Å²) in [6, 6.07) is 12.9. The van der Waals surface area contributed by atoms with E-state index >= 15 is 0 Å². The van der Waals surface area contributed by atoms with Gasteiger partial charge in [0.15, 0.2) is 0 Å². The quantitative estimate of drug-likeness (QED) is 0.573. The Morgan fingerprint density at radius 2 is 1.88 bits per heavy atom. The standard InChI is InChI=1S/C21H21Cl2N/c1-12(2)13-6-9-20-18(10-13)15-4-3-5-16(15)21(24-20)17-8-7-14(22)11-19(17)23/h3-4,6-12,15-16,21,24H,5H2,1-2H3/t15?,16?,21-/m0/s1. The molecule has 1 nitrogen and oxygen atoms in total. The summed E-state index contributed by atoms with van der Waals surface area (Å²) in [5, 5.41) is 5.17. The molecule has 0 spiro atoms. The molecular weight excluding hydrogens is 337 g/mol. The molecule has 0 amide bonds. The second-order valence-electron chi connectivity index (χ2n) is 7.14. The molecule has 2 aromatic carbocycles. The van der Waals surface area contributed by atoms with Gasteiger partial charge in [-0.1, -0.05) is 67.4 Å². The van der Waals surface area contributed by atoms with Gasteiger partial charge in [-0.15, -0.1) is 0 Å². The third kappa shape index (κ3) is 2.64. The number of fused-ring (bicyclic) bond motifs is 3.